The van der Waals surface area contributed by atoms with E-state index in [1.165, 1.54) is 18.2 Å². The maximum absolute atomic E-state index is 12.3. The second kappa shape index (κ2) is 8.01. The SMILES string of the molecule is CS(=O)(=O)N(CC(=O)Nc1c(Cl)cccc1Cl)c1ccc(Cl)c(Cl)c1. The van der Waals surface area contributed by atoms with Crippen LogP contribution in [0.2, 0.25) is 20.1 Å². The van der Waals surface area contributed by atoms with Gasteiger partial charge in [0.15, 0.2) is 0 Å². The third-order valence-electron chi connectivity index (χ3n) is 3.11. The third kappa shape index (κ3) is 5.15. The van der Waals surface area contributed by atoms with Crippen molar-refractivity contribution in [2.24, 2.45) is 0 Å². The molecule has 5 nitrogen and oxygen atoms in total. The van der Waals surface area contributed by atoms with Gasteiger partial charge >= 0.3 is 0 Å². The molecule has 0 atom stereocenters. The Hall–Kier alpha value is -1.18. The number of rotatable bonds is 5. The van der Waals surface area contributed by atoms with Crippen LogP contribution in [0.1, 0.15) is 0 Å². The summed E-state index contributed by atoms with van der Waals surface area (Å²) in [5.41, 5.74) is 0.413. The second-order valence-corrected chi connectivity index (χ2v) is 8.55. The van der Waals surface area contributed by atoms with Gasteiger partial charge in [-0.15, -0.1) is 0 Å². The Labute approximate surface area is 165 Å². The van der Waals surface area contributed by atoms with Gasteiger partial charge < -0.3 is 5.32 Å². The highest BCUT2D eigenvalue weighted by molar-refractivity contribution is 7.92. The van der Waals surface area contributed by atoms with Crippen LogP contribution < -0.4 is 9.62 Å². The van der Waals surface area contributed by atoms with Crippen molar-refractivity contribution in [3.63, 3.8) is 0 Å². The van der Waals surface area contributed by atoms with E-state index in [4.69, 9.17) is 46.4 Å². The molecule has 0 saturated heterocycles. The first-order valence-corrected chi connectivity index (χ1v) is 10.1. The second-order valence-electron chi connectivity index (χ2n) is 5.01. The van der Waals surface area contributed by atoms with Crippen molar-refractivity contribution in [2.75, 3.05) is 22.4 Å². The van der Waals surface area contributed by atoms with Crippen molar-refractivity contribution in [1.29, 1.82) is 0 Å². The number of amides is 1. The fraction of sp³-hybridized carbons (Fsp3) is 0.133. The number of sulfonamides is 1. The molecule has 0 spiro atoms. The summed E-state index contributed by atoms with van der Waals surface area (Å²) in [6, 6.07) is 8.98. The molecule has 2 aromatic rings. The van der Waals surface area contributed by atoms with Crippen molar-refractivity contribution in [3.05, 3.63) is 56.5 Å². The summed E-state index contributed by atoms with van der Waals surface area (Å²) in [6.07, 6.45) is 0.977. The summed E-state index contributed by atoms with van der Waals surface area (Å²) in [6.45, 7) is -0.488. The summed E-state index contributed by atoms with van der Waals surface area (Å²) in [4.78, 5) is 12.3. The number of nitrogens with zero attached hydrogens (tertiary/aromatic N) is 1. The lowest BCUT2D eigenvalue weighted by molar-refractivity contribution is -0.114. The first-order valence-electron chi connectivity index (χ1n) is 6.76. The molecular weight excluding hydrogens is 430 g/mol. The fourth-order valence-corrected chi connectivity index (χ4v) is 3.60. The van der Waals surface area contributed by atoms with Crippen LogP contribution in [0.5, 0.6) is 0 Å². The van der Waals surface area contributed by atoms with E-state index in [0.717, 1.165) is 10.6 Å². The zero-order chi connectivity index (χ0) is 18.8. The molecule has 134 valence electrons. The average molecular weight is 442 g/mol. The molecule has 0 heterocycles. The Morgan fingerprint density at radius 3 is 2.12 bits per heavy atom. The molecule has 10 heteroatoms. The Morgan fingerprint density at radius 1 is 1.00 bits per heavy atom. The quantitative estimate of drug-likeness (QED) is 0.730. The molecule has 2 rings (SSSR count). The van der Waals surface area contributed by atoms with Gasteiger partial charge in [-0.25, -0.2) is 8.42 Å². The lowest BCUT2D eigenvalue weighted by atomic mass is 10.3. The molecule has 0 aliphatic carbocycles. The van der Waals surface area contributed by atoms with Gasteiger partial charge in [-0.05, 0) is 30.3 Å². The summed E-state index contributed by atoms with van der Waals surface area (Å²) in [7, 11) is -3.75. The first kappa shape index (κ1) is 20.1. The number of hydrogen-bond acceptors (Lipinski definition) is 3. The minimum atomic E-state index is -3.75. The largest absolute Gasteiger partial charge is 0.322 e. The Morgan fingerprint density at radius 2 is 1.60 bits per heavy atom. The fourth-order valence-electron chi connectivity index (χ4n) is 1.97. The summed E-state index contributed by atoms with van der Waals surface area (Å²) < 4.78 is 25.0. The van der Waals surface area contributed by atoms with Crippen molar-refractivity contribution in [3.8, 4) is 0 Å². The molecule has 0 aromatic heterocycles. The van der Waals surface area contributed by atoms with Crippen LogP contribution in [0.15, 0.2) is 36.4 Å². The molecule has 25 heavy (non-hydrogen) atoms. The minimum Gasteiger partial charge on any atom is -0.322 e. The number of anilines is 2. The van der Waals surface area contributed by atoms with Crippen molar-refractivity contribution < 1.29 is 13.2 Å². The maximum atomic E-state index is 12.3. The number of benzene rings is 2. The molecule has 0 unspecified atom stereocenters. The van der Waals surface area contributed by atoms with Gasteiger partial charge in [0, 0.05) is 0 Å². The van der Waals surface area contributed by atoms with Crippen LogP contribution in [0.3, 0.4) is 0 Å². The number of carbonyl (C=O) groups is 1. The zero-order valence-corrected chi connectivity index (χ0v) is 16.6. The molecule has 0 radical (unpaired) electrons. The Bertz CT molecular complexity index is 899. The maximum Gasteiger partial charge on any atom is 0.245 e. The van der Waals surface area contributed by atoms with Gasteiger partial charge in [0.05, 0.1) is 37.7 Å². The van der Waals surface area contributed by atoms with Gasteiger partial charge in [-0.2, -0.15) is 0 Å². The number of halogens is 4. The summed E-state index contributed by atoms with van der Waals surface area (Å²) >= 11 is 23.8. The van der Waals surface area contributed by atoms with E-state index in [1.54, 1.807) is 18.2 Å². The van der Waals surface area contributed by atoms with Gasteiger partial charge in [-0.1, -0.05) is 52.5 Å². The molecule has 1 N–H and O–H groups in total. The molecule has 1 amide bonds. The summed E-state index contributed by atoms with van der Waals surface area (Å²) in [5, 5.41) is 3.42. The van der Waals surface area contributed by atoms with Gasteiger partial charge in [0.1, 0.15) is 6.54 Å². The van der Waals surface area contributed by atoms with E-state index in [1.807, 2.05) is 0 Å². The van der Waals surface area contributed by atoms with E-state index in [0.29, 0.717) is 0 Å². The molecule has 0 bridgehead atoms. The number of carbonyl (C=O) groups excluding carboxylic acids is 1. The van der Waals surface area contributed by atoms with E-state index in [2.05, 4.69) is 5.32 Å². The van der Waals surface area contributed by atoms with Crippen LogP contribution in [0.4, 0.5) is 11.4 Å². The van der Waals surface area contributed by atoms with E-state index < -0.39 is 22.5 Å². The molecule has 0 aliphatic heterocycles. The predicted molar refractivity (Wildman–Crippen MR) is 104 cm³/mol. The van der Waals surface area contributed by atoms with Crippen LogP contribution >= 0.6 is 46.4 Å². The van der Waals surface area contributed by atoms with Crippen molar-refractivity contribution >= 4 is 73.7 Å². The van der Waals surface area contributed by atoms with Crippen molar-refractivity contribution in [1.82, 2.24) is 0 Å². The highest BCUT2D eigenvalue weighted by Crippen LogP contribution is 2.31. The van der Waals surface area contributed by atoms with E-state index in [-0.39, 0.29) is 31.5 Å². The highest BCUT2D eigenvalue weighted by Gasteiger charge is 2.22. The Kier molecular flexibility index (Phi) is 6.45. The van der Waals surface area contributed by atoms with E-state index in [9.17, 15) is 13.2 Å². The van der Waals surface area contributed by atoms with Gasteiger partial charge in [-0.3, -0.25) is 9.10 Å². The topological polar surface area (TPSA) is 66.5 Å². The van der Waals surface area contributed by atoms with Gasteiger partial charge in [0.25, 0.3) is 0 Å². The predicted octanol–water partition coefficient (Wildman–Crippen LogP) is 4.70. The van der Waals surface area contributed by atoms with Crippen LogP contribution in [0, 0.1) is 0 Å². The number of para-hydroxylation sites is 1. The monoisotopic (exact) mass is 440 g/mol. The van der Waals surface area contributed by atoms with Crippen molar-refractivity contribution in [2.45, 2.75) is 0 Å². The number of hydrogen-bond donors (Lipinski definition) is 1. The number of nitrogens with one attached hydrogen (secondary N) is 1. The Balaban J connectivity index is 2.29. The lowest BCUT2D eigenvalue weighted by Crippen LogP contribution is -2.37. The standard InChI is InChI=1S/C15H12Cl4N2O3S/c1-25(23,24)21(9-5-6-10(16)13(19)7-9)8-14(22)20-15-11(17)3-2-4-12(15)18/h2-7H,8H2,1H3,(H,20,22). The lowest BCUT2D eigenvalue weighted by Gasteiger charge is -2.22. The van der Waals surface area contributed by atoms with Crippen LogP contribution in [-0.4, -0.2) is 27.1 Å². The van der Waals surface area contributed by atoms with Crippen LogP contribution in [-0.2, 0) is 14.8 Å². The van der Waals surface area contributed by atoms with Gasteiger partial charge in [0.2, 0.25) is 15.9 Å². The molecule has 0 fully saturated rings. The minimum absolute atomic E-state index is 0.169. The first-order chi connectivity index (χ1) is 11.6. The highest BCUT2D eigenvalue weighted by atomic mass is 35.5. The molecular formula is C15H12Cl4N2O3S. The summed E-state index contributed by atoms with van der Waals surface area (Å²) in [5.74, 6) is -0.619. The molecule has 0 aliphatic rings. The smallest absolute Gasteiger partial charge is 0.245 e. The van der Waals surface area contributed by atoms with E-state index >= 15 is 0 Å². The average Bonchev–Trinajstić information content (AvgIpc) is 2.50. The third-order valence-corrected chi connectivity index (χ3v) is 5.62. The molecule has 0 saturated carbocycles. The normalized spacial score (nSPS) is 11.2. The zero-order valence-electron chi connectivity index (χ0n) is 12.8. The molecule has 2 aromatic carbocycles. The van der Waals surface area contributed by atoms with Crippen LogP contribution in [0.25, 0.3) is 0 Å².